The Hall–Kier alpha value is -2.42. The second kappa shape index (κ2) is 5.17. The zero-order valence-corrected chi connectivity index (χ0v) is 11.7. The summed E-state index contributed by atoms with van der Waals surface area (Å²) >= 11 is 0. The van der Waals surface area contributed by atoms with Crippen LogP contribution in [0.25, 0.3) is 10.9 Å². The van der Waals surface area contributed by atoms with E-state index in [1.54, 1.807) is 12.5 Å². The predicted octanol–water partition coefficient (Wildman–Crippen LogP) is 4.46. The lowest BCUT2D eigenvalue weighted by molar-refractivity contribution is 0.560. The third kappa shape index (κ3) is 2.25. The molecule has 3 aromatic rings. The number of aromatic nitrogens is 1. The van der Waals surface area contributed by atoms with Crippen LogP contribution in [-0.4, -0.2) is 11.2 Å². The number of hydrogen-bond donors (Lipinski definition) is 0. The number of pyridine rings is 1. The van der Waals surface area contributed by atoms with Crippen molar-refractivity contribution in [2.45, 2.75) is 25.7 Å². The lowest BCUT2D eigenvalue weighted by atomic mass is 9.93. The van der Waals surface area contributed by atoms with Gasteiger partial charge in [-0.2, -0.15) is 0 Å². The van der Waals surface area contributed by atoms with Crippen molar-refractivity contribution in [1.82, 2.24) is 4.98 Å². The van der Waals surface area contributed by atoms with Gasteiger partial charge in [0.05, 0.1) is 23.7 Å². The van der Waals surface area contributed by atoms with Crippen molar-refractivity contribution in [3.63, 3.8) is 0 Å². The first kappa shape index (κ1) is 12.3. The molecule has 2 heterocycles. The molecule has 0 N–H and O–H groups in total. The van der Waals surface area contributed by atoms with Crippen molar-refractivity contribution in [3.8, 4) is 0 Å². The summed E-state index contributed by atoms with van der Waals surface area (Å²) in [4.78, 5) is 9.56. The molecule has 1 aromatic carbocycles. The van der Waals surface area contributed by atoms with Gasteiger partial charge in [-0.3, -0.25) is 9.98 Å². The Morgan fingerprint density at radius 2 is 1.95 bits per heavy atom. The molecule has 2 aromatic heterocycles. The van der Waals surface area contributed by atoms with Crippen LogP contribution in [0.15, 0.2) is 52.1 Å². The first-order chi connectivity index (χ1) is 10.4. The smallest absolute Gasteiger partial charge is 0.144 e. The minimum Gasteiger partial charge on any atom is -0.463 e. The summed E-state index contributed by atoms with van der Waals surface area (Å²) in [6, 6.07) is 12.0. The monoisotopic (exact) mass is 276 g/mol. The van der Waals surface area contributed by atoms with Gasteiger partial charge in [-0.05, 0) is 49.4 Å². The van der Waals surface area contributed by atoms with Crippen molar-refractivity contribution in [1.29, 1.82) is 0 Å². The molecule has 0 atom stereocenters. The van der Waals surface area contributed by atoms with Crippen LogP contribution in [0.2, 0.25) is 0 Å². The van der Waals surface area contributed by atoms with E-state index in [-0.39, 0.29) is 0 Å². The van der Waals surface area contributed by atoms with Gasteiger partial charge in [-0.1, -0.05) is 18.2 Å². The van der Waals surface area contributed by atoms with Gasteiger partial charge in [0.2, 0.25) is 0 Å². The first-order valence-electron chi connectivity index (χ1n) is 7.40. The summed E-state index contributed by atoms with van der Waals surface area (Å²) < 4.78 is 5.35. The number of rotatable bonds is 2. The molecule has 4 rings (SSSR count). The number of aliphatic imine (C=N–C) groups is 1. The molecular weight excluding hydrogens is 260 g/mol. The topological polar surface area (TPSA) is 38.4 Å². The molecule has 0 saturated heterocycles. The van der Waals surface area contributed by atoms with Crippen LogP contribution >= 0.6 is 0 Å². The van der Waals surface area contributed by atoms with E-state index in [2.05, 4.69) is 12.1 Å². The van der Waals surface area contributed by atoms with Crippen molar-refractivity contribution < 1.29 is 4.42 Å². The second-order valence-electron chi connectivity index (χ2n) is 5.38. The van der Waals surface area contributed by atoms with Crippen LogP contribution < -0.4 is 0 Å². The van der Waals surface area contributed by atoms with Crippen LogP contribution in [-0.2, 0) is 12.8 Å². The minimum absolute atomic E-state index is 0.778. The standard InChI is InChI=1S/C18H16N2O/c1-3-9-16-14(7-1)18(19-12-13-6-5-11-21-13)15-8-2-4-10-17(15)20-16/h1,3,5-7,9,11-12H,2,4,8,10H2/b19-12+. The van der Waals surface area contributed by atoms with Gasteiger partial charge < -0.3 is 4.42 Å². The maximum absolute atomic E-state index is 5.35. The molecule has 1 aliphatic carbocycles. The fourth-order valence-electron chi connectivity index (χ4n) is 2.99. The van der Waals surface area contributed by atoms with Crippen molar-refractivity contribution >= 4 is 22.8 Å². The Morgan fingerprint density at radius 1 is 1.05 bits per heavy atom. The number of furan rings is 1. The molecule has 0 fully saturated rings. The highest BCUT2D eigenvalue weighted by atomic mass is 16.3. The van der Waals surface area contributed by atoms with E-state index in [1.807, 2.05) is 24.3 Å². The Bertz CT molecular complexity index is 803. The average Bonchev–Trinajstić information content (AvgIpc) is 3.05. The van der Waals surface area contributed by atoms with Gasteiger partial charge >= 0.3 is 0 Å². The van der Waals surface area contributed by atoms with Crippen molar-refractivity contribution in [2.75, 3.05) is 0 Å². The summed E-state index contributed by atoms with van der Waals surface area (Å²) in [6.07, 6.45) is 8.04. The van der Waals surface area contributed by atoms with Gasteiger partial charge in [0.15, 0.2) is 0 Å². The van der Waals surface area contributed by atoms with Crippen LogP contribution in [0.5, 0.6) is 0 Å². The first-order valence-corrected chi connectivity index (χ1v) is 7.40. The molecule has 0 radical (unpaired) electrons. The average molecular weight is 276 g/mol. The molecule has 3 heteroatoms. The van der Waals surface area contributed by atoms with E-state index in [1.165, 1.54) is 24.1 Å². The SMILES string of the molecule is C(=N\c1c2c(nc3ccccc13)CCCC2)/c1ccco1. The molecule has 0 spiro atoms. The predicted molar refractivity (Wildman–Crippen MR) is 84.3 cm³/mol. The Balaban J connectivity index is 1.92. The summed E-state index contributed by atoms with van der Waals surface area (Å²) in [7, 11) is 0. The van der Waals surface area contributed by atoms with Gasteiger partial charge in [0.25, 0.3) is 0 Å². The molecule has 0 aliphatic heterocycles. The number of fused-ring (bicyclic) bond motifs is 2. The molecular formula is C18H16N2O. The number of hydrogen-bond acceptors (Lipinski definition) is 3. The van der Waals surface area contributed by atoms with E-state index in [9.17, 15) is 0 Å². The van der Waals surface area contributed by atoms with Crippen LogP contribution in [0.3, 0.4) is 0 Å². The largest absolute Gasteiger partial charge is 0.463 e. The second-order valence-corrected chi connectivity index (χ2v) is 5.38. The molecule has 104 valence electrons. The fourth-order valence-corrected chi connectivity index (χ4v) is 2.99. The van der Waals surface area contributed by atoms with Gasteiger partial charge in [0.1, 0.15) is 5.76 Å². The van der Waals surface area contributed by atoms with E-state index < -0.39 is 0 Å². The van der Waals surface area contributed by atoms with Crippen molar-refractivity contribution in [3.05, 3.63) is 59.7 Å². The summed E-state index contributed by atoms with van der Waals surface area (Å²) in [6.45, 7) is 0. The quantitative estimate of drug-likeness (QED) is 0.648. The van der Waals surface area contributed by atoms with Gasteiger partial charge in [-0.15, -0.1) is 0 Å². The zero-order valence-electron chi connectivity index (χ0n) is 11.7. The van der Waals surface area contributed by atoms with Crippen molar-refractivity contribution in [2.24, 2.45) is 4.99 Å². The van der Waals surface area contributed by atoms with E-state index >= 15 is 0 Å². The van der Waals surface area contributed by atoms with Gasteiger partial charge in [-0.25, -0.2) is 0 Å². The maximum Gasteiger partial charge on any atom is 0.144 e. The zero-order chi connectivity index (χ0) is 14.1. The Labute approximate surface area is 123 Å². The lowest BCUT2D eigenvalue weighted by Gasteiger charge is -2.18. The molecule has 0 amide bonds. The number of para-hydroxylation sites is 1. The van der Waals surface area contributed by atoms with E-state index in [0.717, 1.165) is 35.2 Å². The number of aryl methyl sites for hydroxylation is 1. The van der Waals surface area contributed by atoms with E-state index in [0.29, 0.717) is 0 Å². The van der Waals surface area contributed by atoms with Crippen LogP contribution in [0.4, 0.5) is 5.69 Å². The highest BCUT2D eigenvalue weighted by Crippen LogP contribution is 2.35. The summed E-state index contributed by atoms with van der Waals surface area (Å²) in [5, 5.41) is 1.13. The summed E-state index contributed by atoms with van der Waals surface area (Å²) in [5.41, 5.74) is 4.62. The molecule has 0 bridgehead atoms. The number of nitrogens with zero attached hydrogens (tertiary/aromatic N) is 2. The maximum atomic E-state index is 5.35. The highest BCUT2D eigenvalue weighted by molar-refractivity contribution is 5.94. The highest BCUT2D eigenvalue weighted by Gasteiger charge is 2.17. The lowest BCUT2D eigenvalue weighted by Crippen LogP contribution is -2.06. The molecule has 1 aliphatic rings. The van der Waals surface area contributed by atoms with E-state index in [4.69, 9.17) is 14.4 Å². The Morgan fingerprint density at radius 3 is 2.86 bits per heavy atom. The molecule has 0 unspecified atom stereocenters. The normalized spacial score (nSPS) is 14.7. The third-order valence-corrected chi connectivity index (χ3v) is 4.00. The fraction of sp³-hybridized carbons (Fsp3) is 0.222. The Kier molecular flexibility index (Phi) is 3.03. The molecule has 3 nitrogen and oxygen atoms in total. The summed E-state index contributed by atoms with van der Waals surface area (Å²) in [5.74, 6) is 0.778. The van der Waals surface area contributed by atoms with Gasteiger partial charge in [0, 0.05) is 11.1 Å². The third-order valence-electron chi connectivity index (χ3n) is 4.00. The minimum atomic E-state index is 0.778. The molecule has 0 saturated carbocycles. The van der Waals surface area contributed by atoms with Crippen LogP contribution in [0.1, 0.15) is 29.9 Å². The number of benzene rings is 1. The van der Waals surface area contributed by atoms with Crippen LogP contribution in [0, 0.1) is 0 Å². The molecule has 21 heavy (non-hydrogen) atoms.